The molecule has 1 saturated carbocycles. The summed E-state index contributed by atoms with van der Waals surface area (Å²) in [6.45, 7) is 0.172. The smallest absolute Gasteiger partial charge is 0.433 e. The highest BCUT2D eigenvalue weighted by Crippen LogP contribution is 2.44. The summed E-state index contributed by atoms with van der Waals surface area (Å²) in [6, 6.07) is 15.5. The van der Waals surface area contributed by atoms with Crippen molar-refractivity contribution in [1.29, 1.82) is 0 Å². The summed E-state index contributed by atoms with van der Waals surface area (Å²) < 4.78 is 55.3. The Labute approximate surface area is 207 Å². The van der Waals surface area contributed by atoms with Crippen molar-refractivity contribution in [2.75, 3.05) is 20.3 Å². The number of hydrogen-bond acceptors (Lipinski definition) is 4. The Balaban J connectivity index is 1.66. The van der Waals surface area contributed by atoms with E-state index in [0.29, 0.717) is 23.5 Å². The van der Waals surface area contributed by atoms with Crippen LogP contribution in [0.5, 0.6) is 5.75 Å². The molecule has 0 radical (unpaired) electrons. The second kappa shape index (κ2) is 11.2. The number of carboxylic acids is 1. The van der Waals surface area contributed by atoms with Crippen molar-refractivity contribution in [3.05, 3.63) is 60.3 Å². The van der Waals surface area contributed by atoms with Crippen molar-refractivity contribution in [3.63, 3.8) is 0 Å². The third-order valence-corrected chi connectivity index (χ3v) is 6.60. The largest absolute Gasteiger partial charge is 0.497 e. The molecule has 1 N–H and O–H groups in total. The molecule has 1 aromatic heterocycles. The maximum Gasteiger partial charge on any atom is 0.433 e. The van der Waals surface area contributed by atoms with Crippen LogP contribution in [0.25, 0.3) is 22.4 Å². The molecule has 6 nitrogen and oxygen atoms in total. The molecule has 1 fully saturated rings. The van der Waals surface area contributed by atoms with Gasteiger partial charge >= 0.3 is 12.1 Å². The van der Waals surface area contributed by atoms with Gasteiger partial charge in [-0.2, -0.15) is 18.3 Å². The molecule has 4 rings (SSSR count). The molecular weight excluding hydrogens is 473 g/mol. The van der Waals surface area contributed by atoms with E-state index in [1.165, 1.54) is 7.11 Å². The van der Waals surface area contributed by atoms with E-state index in [-0.39, 0.29) is 36.2 Å². The third-order valence-electron chi connectivity index (χ3n) is 6.60. The predicted molar refractivity (Wildman–Crippen MR) is 129 cm³/mol. The summed E-state index contributed by atoms with van der Waals surface area (Å²) in [5.41, 5.74) is 0.571. The van der Waals surface area contributed by atoms with Gasteiger partial charge in [-0.05, 0) is 55.2 Å². The molecule has 2 aromatic carbocycles. The van der Waals surface area contributed by atoms with E-state index >= 15 is 0 Å². The lowest BCUT2D eigenvalue weighted by atomic mass is 9.82. The summed E-state index contributed by atoms with van der Waals surface area (Å²) in [4.78, 5) is 10.6. The number of hydrogen-bond donors (Lipinski definition) is 1. The molecule has 36 heavy (non-hydrogen) atoms. The fourth-order valence-corrected chi connectivity index (χ4v) is 4.87. The van der Waals surface area contributed by atoms with E-state index in [1.807, 2.05) is 6.07 Å². The third kappa shape index (κ3) is 6.07. The zero-order valence-corrected chi connectivity index (χ0v) is 20.0. The van der Waals surface area contributed by atoms with Crippen molar-refractivity contribution in [3.8, 4) is 28.1 Å². The van der Waals surface area contributed by atoms with Crippen LogP contribution in [0.3, 0.4) is 0 Å². The first-order chi connectivity index (χ1) is 17.3. The summed E-state index contributed by atoms with van der Waals surface area (Å²) in [5, 5.41) is 13.3. The van der Waals surface area contributed by atoms with Crippen molar-refractivity contribution in [1.82, 2.24) is 9.78 Å². The second-order valence-corrected chi connectivity index (χ2v) is 9.15. The van der Waals surface area contributed by atoms with Gasteiger partial charge in [-0.15, -0.1) is 0 Å². The van der Waals surface area contributed by atoms with Crippen molar-refractivity contribution in [2.24, 2.45) is 11.8 Å². The number of aliphatic carboxylic acids is 1. The second-order valence-electron chi connectivity index (χ2n) is 9.15. The van der Waals surface area contributed by atoms with Gasteiger partial charge in [-0.25, -0.2) is 4.79 Å². The van der Waals surface area contributed by atoms with Gasteiger partial charge in [0.1, 0.15) is 18.1 Å². The van der Waals surface area contributed by atoms with Crippen LogP contribution in [0.2, 0.25) is 0 Å². The zero-order valence-electron chi connectivity index (χ0n) is 20.0. The molecule has 0 spiro atoms. The standard InChI is InChI=1S/C27H29F3N2O4/c1-35-22-9-5-8-21(14-22)24-25(20-6-3-2-4-7-20)31-32(26(24)27(28,29)30)15-18-10-12-19(13-11-18)16-36-17-23(33)34/h2-9,14,18-19H,10-13,15-17H2,1H3,(H,33,34). The number of ether oxygens (including phenoxy) is 2. The Morgan fingerprint density at radius 1 is 1.03 bits per heavy atom. The van der Waals surface area contributed by atoms with Crippen LogP contribution in [-0.4, -0.2) is 41.2 Å². The Hall–Kier alpha value is -3.33. The Morgan fingerprint density at radius 2 is 1.69 bits per heavy atom. The Bertz CT molecular complexity index is 1170. The summed E-state index contributed by atoms with van der Waals surface area (Å²) in [5.74, 6) is -0.296. The van der Waals surface area contributed by atoms with Crippen LogP contribution in [0, 0.1) is 11.8 Å². The van der Waals surface area contributed by atoms with Crippen LogP contribution < -0.4 is 4.74 Å². The van der Waals surface area contributed by atoms with E-state index in [1.54, 1.807) is 48.5 Å². The van der Waals surface area contributed by atoms with Crippen molar-refractivity contribution in [2.45, 2.75) is 38.4 Å². The normalized spacial score (nSPS) is 18.2. The van der Waals surface area contributed by atoms with Crippen LogP contribution >= 0.6 is 0 Å². The lowest BCUT2D eigenvalue weighted by molar-refractivity contribution is -0.144. The Morgan fingerprint density at radius 3 is 2.33 bits per heavy atom. The number of carbonyl (C=O) groups is 1. The summed E-state index contributed by atoms with van der Waals surface area (Å²) >= 11 is 0. The quantitative estimate of drug-likeness (QED) is 0.380. The average molecular weight is 503 g/mol. The van der Waals surface area contributed by atoms with Gasteiger partial charge in [0.15, 0.2) is 5.69 Å². The van der Waals surface area contributed by atoms with Crippen LogP contribution in [0.1, 0.15) is 31.4 Å². The van der Waals surface area contributed by atoms with E-state index in [2.05, 4.69) is 5.10 Å². The van der Waals surface area contributed by atoms with Gasteiger partial charge in [-0.1, -0.05) is 42.5 Å². The zero-order chi connectivity index (χ0) is 25.7. The lowest BCUT2D eigenvalue weighted by Gasteiger charge is -2.28. The minimum atomic E-state index is -4.61. The van der Waals surface area contributed by atoms with Gasteiger partial charge in [-0.3, -0.25) is 4.68 Å². The fraction of sp³-hybridized carbons (Fsp3) is 0.407. The number of rotatable bonds is 9. The van der Waals surface area contributed by atoms with Crippen molar-refractivity contribution < 1.29 is 32.5 Å². The molecule has 0 aliphatic heterocycles. The van der Waals surface area contributed by atoms with Gasteiger partial charge in [0.2, 0.25) is 0 Å². The molecule has 0 bridgehead atoms. The first-order valence-corrected chi connectivity index (χ1v) is 11.9. The number of aromatic nitrogens is 2. The molecule has 0 atom stereocenters. The van der Waals surface area contributed by atoms with Gasteiger partial charge in [0.05, 0.1) is 13.7 Å². The van der Waals surface area contributed by atoms with Crippen LogP contribution in [0.4, 0.5) is 13.2 Å². The van der Waals surface area contributed by atoms with Gasteiger partial charge in [0.25, 0.3) is 0 Å². The molecule has 1 heterocycles. The molecule has 192 valence electrons. The molecule has 3 aromatic rings. The highest BCUT2D eigenvalue weighted by atomic mass is 19.4. The number of halogens is 3. The summed E-state index contributed by atoms with van der Waals surface area (Å²) in [7, 11) is 1.48. The number of alkyl halides is 3. The van der Waals surface area contributed by atoms with E-state index in [9.17, 15) is 18.0 Å². The molecule has 9 heteroatoms. The minimum Gasteiger partial charge on any atom is -0.497 e. The molecule has 1 aliphatic carbocycles. The molecule has 0 unspecified atom stereocenters. The number of methoxy groups -OCH3 is 1. The van der Waals surface area contributed by atoms with Crippen molar-refractivity contribution >= 4 is 5.97 Å². The van der Waals surface area contributed by atoms with Crippen LogP contribution in [0.15, 0.2) is 54.6 Å². The number of carboxylic acid groups (broad SMARTS) is 1. The molecule has 0 amide bonds. The topological polar surface area (TPSA) is 73.6 Å². The van der Waals surface area contributed by atoms with E-state index < -0.39 is 17.8 Å². The number of nitrogens with zero attached hydrogens (tertiary/aromatic N) is 2. The van der Waals surface area contributed by atoms with Crippen LogP contribution in [-0.2, 0) is 22.3 Å². The lowest BCUT2D eigenvalue weighted by Crippen LogP contribution is -2.25. The molecule has 0 saturated heterocycles. The average Bonchev–Trinajstić information content (AvgIpc) is 3.25. The maximum atomic E-state index is 14.6. The minimum absolute atomic E-state index is 0.0310. The highest BCUT2D eigenvalue weighted by molar-refractivity contribution is 5.83. The van der Waals surface area contributed by atoms with E-state index in [0.717, 1.165) is 30.4 Å². The molecule has 1 aliphatic rings. The predicted octanol–water partition coefficient (Wildman–Crippen LogP) is 6.15. The fourth-order valence-electron chi connectivity index (χ4n) is 4.87. The first kappa shape index (κ1) is 25.8. The monoisotopic (exact) mass is 502 g/mol. The maximum absolute atomic E-state index is 14.6. The Kier molecular flexibility index (Phi) is 7.98. The van der Waals surface area contributed by atoms with Gasteiger partial charge in [0, 0.05) is 17.7 Å². The highest BCUT2D eigenvalue weighted by Gasteiger charge is 2.41. The first-order valence-electron chi connectivity index (χ1n) is 11.9. The van der Waals surface area contributed by atoms with E-state index in [4.69, 9.17) is 14.6 Å². The number of benzene rings is 2. The summed E-state index contributed by atoms with van der Waals surface area (Å²) in [6.07, 6.45) is -1.59. The SMILES string of the molecule is COc1cccc(-c2c(-c3ccccc3)nn(CC3CCC(COCC(=O)O)CC3)c2C(F)(F)F)c1. The van der Waals surface area contributed by atoms with Gasteiger partial charge < -0.3 is 14.6 Å². The molecular formula is C27H29F3N2O4.